The Balaban J connectivity index is 2.33. The van der Waals surface area contributed by atoms with Crippen LogP contribution in [0.25, 0.3) is 12.2 Å². The van der Waals surface area contributed by atoms with Gasteiger partial charge in [0.2, 0.25) is 0 Å². The molecule has 2 aromatic carbocycles. The van der Waals surface area contributed by atoms with Crippen molar-refractivity contribution >= 4 is 12.2 Å². The van der Waals surface area contributed by atoms with Gasteiger partial charge in [-0.25, -0.2) is 0 Å². The third-order valence-electron chi connectivity index (χ3n) is 2.75. The van der Waals surface area contributed by atoms with E-state index >= 15 is 0 Å². The van der Waals surface area contributed by atoms with Crippen LogP contribution in [0, 0.1) is 20.2 Å². The van der Waals surface area contributed by atoms with Crippen molar-refractivity contribution in [3.05, 3.63) is 104 Å². The average Bonchev–Trinajstić information content (AvgIpc) is 2.55. The highest BCUT2D eigenvalue weighted by molar-refractivity contribution is 5.51. The van der Waals surface area contributed by atoms with Gasteiger partial charge in [-0.15, -0.1) is 0 Å². The second-order valence-electron chi connectivity index (χ2n) is 4.40. The van der Waals surface area contributed by atoms with Crippen molar-refractivity contribution in [3.63, 3.8) is 0 Å². The van der Waals surface area contributed by atoms with E-state index in [1.165, 1.54) is 0 Å². The summed E-state index contributed by atoms with van der Waals surface area (Å²) in [5.41, 5.74) is 1.00. The van der Waals surface area contributed by atoms with Gasteiger partial charge in [0.1, 0.15) is 9.85 Å². The third-order valence-corrected chi connectivity index (χ3v) is 2.75. The second-order valence-corrected chi connectivity index (χ2v) is 4.40. The third kappa shape index (κ3) is 4.78. The fourth-order valence-electron chi connectivity index (χ4n) is 1.73. The van der Waals surface area contributed by atoms with Crippen molar-refractivity contribution in [2.75, 3.05) is 0 Å². The molecule has 2 rings (SSSR count). The molecule has 0 aliphatic rings. The number of hydrogen-bond acceptors (Lipinski definition) is 5. The molecule has 0 aliphatic carbocycles. The lowest BCUT2D eigenvalue weighted by atomic mass is 10.2. The van der Waals surface area contributed by atoms with Gasteiger partial charge in [0.15, 0.2) is 0 Å². The number of nitro groups is 2. The maximum absolute atomic E-state index is 11.1. The summed E-state index contributed by atoms with van der Waals surface area (Å²) in [5.74, 6) is -1.45. The molecule has 0 atom stereocenters. The van der Waals surface area contributed by atoms with Crippen LogP contribution in [-0.4, -0.2) is 9.85 Å². The Morgan fingerprint density at radius 3 is 1.39 bits per heavy atom. The van der Waals surface area contributed by atoms with E-state index in [1.54, 1.807) is 60.7 Å². The molecule has 0 saturated heterocycles. The number of rotatable bonds is 6. The summed E-state index contributed by atoms with van der Waals surface area (Å²) < 4.78 is 4.91. The van der Waals surface area contributed by atoms with Crippen LogP contribution in [0.15, 0.2) is 72.4 Å². The van der Waals surface area contributed by atoms with Gasteiger partial charge < -0.3 is 4.74 Å². The second kappa shape index (κ2) is 7.51. The SMILES string of the molecule is O=[N+]([O-])/C(=C/c1ccccc1)O/C(=C\c1ccccc1)[N+](=O)[O-]. The molecular weight excluding hydrogens is 300 g/mol. The molecule has 0 spiro atoms. The number of benzene rings is 2. The van der Waals surface area contributed by atoms with Gasteiger partial charge in [0.25, 0.3) is 0 Å². The molecule has 0 fully saturated rings. The predicted molar refractivity (Wildman–Crippen MR) is 83.9 cm³/mol. The smallest absolute Gasteiger partial charge is 0.340 e. The van der Waals surface area contributed by atoms with Crippen LogP contribution in [-0.2, 0) is 4.74 Å². The molecule has 0 aliphatic heterocycles. The molecule has 0 saturated carbocycles. The predicted octanol–water partition coefficient (Wildman–Crippen LogP) is 3.55. The monoisotopic (exact) mass is 312 g/mol. The lowest BCUT2D eigenvalue weighted by Crippen LogP contribution is -2.09. The molecule has 0 aromatic heterocycles. The topological polar surface area (TPSA) is 95.5 Å². The highest BCUT2D eigenvalue weighted by atomic mass is 16.7. The minimum absolute atomic E-state index is 0.501. The van der Waals surface area contributed by atoms with Crippen molar-refractivity contribution in [1.82, 2.24) is 0 Å². The molecule has 0 unspecified atom stereocenters. The van der Waals surface area contributed by atoms with Gasteiger partial charge >= 0.3 is 11.8 Å². The first-order valence-corrected chi connectivity index (χ1v) is 6.56. The summed E-state index contributed by atoms with van der Waals surface area (Å²) in [6.45, 7) is 0. The molecule has 23 heavy (non-hydrogen) atoms. The zero-order valence-electron chi connectivity index (χ0n) is 11.9. The summed E-state index contributed by atoms with van der Waals surface area (Å²) in [6.07, 6.45) is 2.25. The van der Waals surface area contributed by atoms with Gasteiger partial charge in [-0.3, -0.25) is 20.2 Å². The van der Waals surface area contributed by atoms with E-state index in [1.807, 2.05) is 0 Å². The van der Waals surface area contributed by atoms with Crippen molar-refractivity contribution in [1.29, 1.82) is 0 Å². The highest BCUT2D eigenvalue weighted by Gasteiger charge is 2.23. The maximum Gasteiger partial charge on any atom is 0.438 e. The van der Waals surface area contributed by atoms with Crippen LogP contribution >= 0.6 is 0 Å². The van der Waals surface area contributed by atoms with Crippen LogP contribution < -0.4 is 0 Å². The summed E-state index contributed by atoms with van der Waals surface area (Å²) in [4.78, 5) is 20.5. The maximum atomic E-state index is 11.1. The van der Waals surface area contributed by atoms with E-state index in [0.717, 1.165) is 12.2 Å². The fraction of sp³-hybridized carbons (Fsp3) is 0. The zero-order valence-corrected chi connectivity index (χ0v) is 11.9. The van der Waals surface area contributed by atoms with E-state index in [4.69, 9.17) is 4.74 Å². The van der Waals surface area contributed by atoms with Gasteiger partial charge in [0, 0.05) is 0 Å². The number of ether oxygens (including phenoxy) is 1. The average molecular weight is 312 g/mol. The minimum Gasteiger partial charge on any atom is -0.340 e. The van der Waals surface area contributed by atoms with Crippen LogP contribution in [0.4, 0.5) is 0 Å². The molecule has 7 heteroatoms. The summed E-state index contributed by atoms with van der Waals surface area (Å²) >= 11 is 0. The lowest BCUT2D eigenvalue weighted by molar-refractivity contribution is -0.504. The Hall–Kier alpha value is -3.48. The van der Waals surface area contributed by atoms with E-state index in [2.05, 4.69) is 0 Å². The van der Waals surface area contributed by atoms with Crippen LogP contribution in [0.1, 0.15) is 11.1 Å². The van der Waals surface area contributed by atoms with Crippen molar-refractivity contribution < 1.29 is 14.6 Å². The number of hydrogen-bond donors (Lipinski definition) is 0. The summed E-state index contributed by atoms with van der Waals surface area (Å²) in [5, 5.41) is 22.2. The Labute approximate surface area is 131 Å². The molecule has 0 N–H and O–H groups in total. The summed E-state index contributed by atoms with van der Waals surface area (Å²) in [7, 11) is 0. The van der Waals surface area contributed by atoms with Crippen LogP contribution in [0.2, 0.25) is 0 Å². The van der Waals surface area contributed by atoms with Crippen LogP contribution in [0.3, 0.4) is 0 Å². The van der Waals surface area contributed by atoms with Crippen LogP contribution in [0.5, 0.6) is 0 Å². The fourth-order valence-corrected chi connectivity index (χ4v) is 1.73. The molecule has 2 aromatic rings. The van der Waals surface area contributed by atoms with E-state index in [-0.39, 0.29) is 0 Å². The minimum atomic E-state index is -0.810. The van der Waals surface area contributed by atoms with Gasteiger partial charge in [-0.2, -0.15) is 0 Å². The van der Waals surface area contributed by atoms with Gasteiger partial charge in [-0.05, 0) is 11.1 Å². The Morgan fingerprint density at radius 2 is 1.09 bits per heavy atom. The largest absolute Gasteiger partial charge is 0.438 e. The summed E-state index contributed by atoms with van der Waals surface area (Å²) in [6, 6.07) is 16.8. The highest BCUT2D eigenvalue weighted by Crippen LogP contribution is 2.16. The zero-order chi connectivity index (χ0) is 16.7. The van der Waals surface area contributed by atoms with Crippen molar-refractivity contribution in [2.24, 2.45) is 0 Å². The van der Waals surface area contributed by atoms with Gasteiger partial charge in [-0.1, -0.05) is 60.7 Å². The first-order valence-electron chi connectivity index (χ1n) is 6.56. The molecule has 0 radical (unpaired) electrons. The Bertz CT molecular complexity index is 689. The quantitative estimate of drug-likeness (QED) is 0.461. The molecular formula is C16H12N2O5. The standard InChI is InChI=1S/C16H12N2O5/c19-17(20)15(11-13-7-3-1-4-8-13)23-16(18(21)22)12-14-9-5-2-6-10-14/h1-12H/b15-11-,16-12-. The molecule has 116 valence electrons. The lowest BCUT2D eigenvalue weighted by Gasteiger charge is -2.01. The van der Waals surface area contributed by atoms with Crippen molar-refractivity contribution in [3.8, 4) is 0 Å². The normalized spacial score (nSPS) is 11.8. The Morgan fingerprint density at radius 1 is 0.739 bits per heavy atom. The number of nitrogens with zero attached hydrogens (tertiary/aromatic N) is 2. The van der Waals surface area contributed by atoms with Gasteiger partial charge in [0.05, 0.1) is 12.2 Å². The molecule has 0 bridgehead atoms. The molecule has 7 nitrogen and oxygen atoms in total. The van der Waals surface area contributed by atoms with Crippen molar-refractivity contribution in [2.45, 2.75) is 0 Å². The molecule has 0 heterocycles. The van der Waals surface area contributed by atoms with E-state index < -0.39 is 21.6 Å². The van der Waals surface area contributed by atoms with E-state index in [0.29, 0.717) is 11.1 Å². The molecule has 0 amide bonds. The first kappa shape index (κ1) is 15.9. The van der Waals surface area contributed by atoms with E-state index in [9.17, 15) is 20.2 Å². The Kier molecular flexibility index (Phi) is 5.19. The first-order chi connectivity index (χ1) is 11.1.